The molecular weight excluding hydrogens is 412 g/mol. The largest absolute Gasteiger partial charge is 0.495 e. The van der Waals surface area contributed by atoms with Gasteiger partial charge >= 0.3 is 5.76 Å². The smallest absolute Gasteiger partial charge is 0.439 e. The maximum Gasteiger partial charge on any atom is 0.439 e. The monoisotopic (exact) mass is 428 g/mol. The van der Waals surface area contributed by atoms with Crippen molar-refractivity contribution < 1.29 is 18.8 Å². The Morgan fingerprint density at radius 2 is 2.13 bits per heavy atom. The van der Waals surface area contributed by atoms with Crippen LogP contribution in [0.2, 0.25) is 5.02 Å². The molecule has 1 saturated heterocycles. The number of ether oxygens (including phenoxy) is 1. The van der Waals surface area contributed by atoms with Crippen molar-refractivity contribution in [2.24, 2.45) is 5.92 Å². The summed E-state index contributed by atoms with van der Waals surface area (Å²) in [5, 5.41) is 6.91. The number of aromatic amines is 1. The molecule has 0 bridgehead atoms. The van der Waals surface area contributed by atoms with Crippen LogP contribution in [-0.2, 0) is 9.59 Å². The molecule has 0 radical (unpaired) electrons. The van der Waals surface area contributed by atoms with E-state index in [0.29, 0.717) is 27.7 Å². The molecule has 1 atom stereocenters. The van der Waals surface area contributed by atoms with Crippen molar-refractivity contribution in [2.75, 3.05) is 23.9 Å². The topological polar surface area (TPSA) is 118 Å². The Hall–Kier alpha value is -3.59. The molecule has 1 unspecified atom stereocenters. The van der Waals surface area contributed by atoms with Gasteiger partial charge in [-0.3, -0.25) is 19.1 Å². The van der Waals surface area contributed by atoms with Gasteiger partial charge in [0.1, 0.15) is 5.75 Å². The first kappa shape index (κ1) is 19.7. The van der Waals surface area contributed by atoms with Gasteiger partial charge in [0.15, 0.2) is 5.82 Å². The van der Waals surface area contributed by atoms with Gasteiger partial charge in [-0.05, 0) is 30.3 Å². The highest BCUT2D eigenvalue weighted by atomic mass is 35.5. The molecule has 1 fully saturated rings. The number of amides is 2. The van der Waals surface area contributed by atoms with Crippen LogP contribution in [0.15, 0.2) is 51.8 Å². The van der Waals surface area contributed by atoms with Gasteiger partial charge in [-0.15, -0.1) is 0 Å². The Morgan fingerprint density at radius 3 is 2.87 bits per heavy atom. The fourth-order valence-corrected chi connectivity index (χ4v) is 3.50. The van der Waals surface area contributed by atoms with Crippen LogP contribution >= 0.6 is 11.6 Å². The van der Waals surface area contributed by atoms with Crippen LogP contribution in [0.4, 0.5) is 11.4 Å². The molecule has 4 rings (SSSR count). The molecule has 1 aromatic heterocycles. The first-order chi connectivity index (χ1) is 14.4. The van der Waals surface area contributed by atoms with E-state index in [2.05, 4.69) is 20.0 Å². The van der Waals surface area contributed by atoms with Gasteiger partial charge < -0.3 is 15.0 Å². The van der Waals surface area contributed by atoms with Crippen LogP contribution in [0, 0.1) is 5.92 Å². The molecule has 1 aliphatic heterocycles. The van der Waals surface area contributed by atoms with Gasteiger partial charge in [0.25, 0.3) is 0 Å². The Kier molecular flexibility index (Phi) is 5.28. The van der Waals surface area contributed by atoms with Crippen molar-refractivity contribution in [1.29, 1.82) is 0 Å². The maximum atomic E-state index is 12.8. The standard InChI is InChI=1S/C20H17ClN4O5/c1-29-16-6-5-13(21)9-15(16)25-10-12(8-17(25)26)19(27)22-14-4-2-3-11(7-14)18-23-20(28)30-24-18/h2-7,9,12H,8,10H2,1H3,(H,22,27)(H,23,24,28). The fraction of sp³-hybridized carbons (Fsp3) is 0.200. The molecule has 154 valence electrons. The summed E-state index contributed by atoms with van der Waals surface area (Å²) in [4.78, 5) is 40.4. The highest BCUT2D eigenvalue weighted by Crippen LogP contribution is 2.35. The number of halogens is 1. The Labute approximate surface area is 175 Å². The van der Waals surface area contributed by atoms with Crippen molar-refractivity contribution in [3.8, 4) is 17.1 Å². The molecule has 3 aromatic rings. The molecule has 30 heavy (non-hydrogen) atoms. The lowest BCUT2D eigenvalue weighted by Crippen LogP contribution is -2.28. The van der Waals surface area contributed by atoms with Gasteiger partial charge in [-0.25, -0.2) is 4.79 Å². The minimum atomic E-state index is -0.666. The lowest BCUT2D eigenvalue weighted by atomic mass is 10.1. The Bertz CT molecular complexity index is 1170. The summed E-state index contributed by atoms with van der Waals surface area (Å²) in [7, 11) is 1.51. The lowest BCUT2D eigenvalue weighted by Gasteiger charge is -2.20. The van der Waals surface area contributed by atoms with E-state index in [1.165, 1.54) is 12.0 Å². The minimum absolute atomic E-state index is 0.0673. The first-order valence-electron chi connectivity index (χ1n) is 9.06. The molecule has 2 N–H and O–H groups in total. The minimum Gasteiger partial charge on any atom is -0.495 e. The summed E-state index contributed by atoms with van der Waals surface area (Å²) in [6.07, 6.45) is 0.0673. The van der Waals surface area contributed by atoms with Crippen LogP contribution in [0.1, 0.15) is 6.42 Å². The Morgan fingerprint density at radius 1 is 1.30 bits per heavy atom. The predicted molar refractivity (Wildman–Crippen MR) is 110 cm³/mol. The number of nitrogens with one attached hydrogen (secondary N) is 2. The van der Waals surface area contributed by atoms with E-state index in [1.807, 2.05) is 0 Å². The van der Waals surface area contributed by atoms with Gasteiger partial charge in [-0.2, -0.15) is 0 Å². The highest BCUT2D eigenvalue weighted by Gasteiger charge is 2.36. The number of hydrogen-bond acceptors (Lipinski definition) is 6. The molecule has 0 saturated carbocycles. The van der Waals surface area contributed by atoms with E-state index in [9.17, 15) is 14.4 Å². The number of aromatic nitrogens is 2. The van der Waals surface area contributed by atoms with E-state index in [-0.39, 0.29) is 30.6 Å². The third-order valence-corrected chi connectivity index (χ3v) is 5.01. The van der Waals surface area contributed by atoms with E-state index >= 15 is 0 Å². The molecule has 0 aliphatic carbocycles. The summed E-state index contributed by atoms with van der Waals surface area (Å²) in [5.41, 5.74) is 1.61. The van der Waals surface area contributed by atoms with Gasteiger partial charge in [-0.1, -0.05) is 28.9 Å². The average molecular weight is 429 g/mol. The van der Waals surface area contributed by atoms with Crippen LogP contribution < -0.4 is 20.7 Å². The number of nitrogens with zero attached hydrogens (tertiary/aromatic N) is 2. The summed E-state index contributed by atoms with van der Waals surface area (Å²) < 4.78 is 9.82. The van der Waals surface area contributed by atoms with Crippen molar-refractivity contribution in [3.05, 3.63) is 58.0 Å². The van der Waals surface area contributed by atoms with Crippen LogP contribution in [0.3, 0.4) is 0 Å². The molecule has 2 heterocycles. The predicted octanol–water partition coefficient (Wildman–Crippen LogP) is 2.68. The number of methoxy groups -OCH3 is 1. The van der Waals surface area contributed by atoms with E-state index < -0.39 is 11.7 Å². The molecule has 9 nitrogen and oxygen atoms in total. The van der Waals surface area contributed by atoms with Gasteiger partial charge in [0, 0.05) is 29.2 Å². The van der Waals surface area contributed by atoms with Crippen LogP contribution in [0.25, 0.3) is 11.4 Å². The second-order valence-electron chi connectivity index (χ2n) is 6.74. The normalized spacial score (nSPS) is 16.0. The molecule has 2 amide bonds. The number of H-pyrrole nitrogens is 1. The van der Waals surface area contributed by atoms with Crippen molar-refractivity contribution in [1.82, 2.24) is 10.1 Å². The van der Waals surface area contributed by atoms with Crippen LogP contribution in [-0.4, -0.2) is 35.6 Å². The number of rotatable bonds is 5. The Balaban J connectivity index is 1.50. The number of carbonyl (C=O) groups excluding carboxylic acids is 2. The van der Waals surface area contributed by atoms with Gasteiger partial charge in [0.2, 0.25) is 11.8 Å². The van der Waals surface area contributed by atoms with Crippen molar-refractivity contribution in [2.45, 2.75) is 6.42 Å². The van der Waals surface area contributed by atoms with Crippen molar-refractivity contribution in [3.63, 3.8) is 0 Å². The highest BCUT2D eigenvalue weighted by molar-refractivity contribution is 6.31. The van der Waals surface area contributed by atoms with E-state index in [4.69, 9.17) is 16.3 Å². The van der Waals surface area contributed by atoms with Gasteiger partial charge in [0.05, 0.1) is 18.7 Å². The number of benzene rings is 2. The molecular formula is C20H17ClN4O5. The SMILES string of the molecule is COc1ccc(Cl)cc1N1CC(C(=O)Nc2cccc(-c3noc(=O)[nH]3)c2)CC1=O. The van der Waals surface area contributed by atoms with E-state index in [0.717, 1.165) is 0 Å². The zero-order valence-corrected chi connectivity index (χ0v) is 16.6. The van der Waals surface area contributed by atoms with E-state index in [1.54, 1.807) is 42.5 Å². The quantitative estimate of drug-likeness (QED) is 0.645. The third kappa shape index (κ3) is 3.92. The lowest BCUT2D eigenvalue weighted by molar-refractivity contribution is -0.122. The summed E-state index contributed by atoms with van der Waals surface area (Å²) in [6.45, 7) is 0.206. The first-order valence-corrected chi connectivity index (χ1v) is 9.43. The fourth-order valence-electron chi connectivity index (χ4n) is 3.33. The van der Waals surface area contributed by atoms with Crippen LogP contribution in [0.5, 0.6) is 5.75 Å². The number of carbonyl (C=O) groups is 2. The second-order valence-corrected chi connectivity index (χ2v) is 7.17. The zero-order valence-electron chi connectivity index (χ0n) is 15.8. The van der Waals surface area contributed by atoms with Crippen molar-refractivity contribution >= 4 is 34.8 Å². The maximum absolute atomic E-state index is 12.8. The molecule has 0 spiro atoms. The molecule has 2 aromatic carbocycles. The zero-order chi connectivity index (χ0) is 21.3. The molecule has 1 aliphatic rings. The summed E-state index contributed by atoms with van der Waals surface area (Å²) in [5.74, 6) is -0.936. The third-order valence-electron chi connectivity index (χ3n) is 4.77. The molecule has 10 heteroatoms. The number of hydrogen-bond donors (Lipinski definition) is 2. The second kappa shape index (κ2) is 8.03. The summed E-state index contributed by atoms with van der Waals surface area (Å²) >= 11 is 6.07. The average Bonchev–Trinajstić information content (AvgIpc) is 3.34. The summed E-state index contributed by atoms with van der Waals surface area (Å²) in [6, 6.07) is 11.8. The number of anilines is 2.